The number of rotatable bonds is 6. The number of anilines is 1. The van der Waals surface area contributed by atoms with Gasteiger partial charge < -0.3 is 14.7 Å². The van der Waals surface area contributed by atoms with Gasteiger partial charge in [-0.15, -0.1) is 0 Å². The summed E-state index contributed by atoms with van der Waals surface area (Å²) in [4.78, 5) is 12.8. The Morgan fingerprint density at radius 2 is 2.24 bits per heavy atom. The monoisotopic (exact) mass is 241 g/mol. The molecule has 0 spiro atoms. The first kappa shape index (κ1) is 13.4. The van der Waals surface area contributed by atoms with Crippen molar-refractivity contribution >= 4 is 11.7 Å². The lowest BCUT2D eigenvalue weighted by molar-refractivity contribution is 0.0692. The van der Waals surface area contributed by atoms with E-state index in [0.29, 0.717) is 25.4 Å². The van der Waals surface area contributed by atoms with E-state index >= 15 is 0 Å². The molecular weight excluding hydrogens is 225 g/mol. The minimum absolute atomic E-state index is 0.287. The van der Waals surface area contributed by atoms with Crippen LogP contribution < -0.4 is 4.90 Å². The summed E-state index contributed by atoms with van der Waals surface area (Å²) < 4.78 is 18.4. The Morgan fingerprint density at radius 3 is 2.76 bits per heavy atom. The first-order valence-electron chi connectivity index (χ1n) is 5.37. The summed E-state index contributed by atoms with van der Waals surface area (Å²) in [7, 11) is 1.57. The normalized spacial score (nSPS) is 10.3. The molecule has 0 aliphatic rings. The first-order chi connectivity index (χ1) is 8.11. The minimum atomic E-state index is -1.26. The van der Waals surface area contributed by atoms with Crippen LogP contribution in [0.5, 0.6) is 0 Å². The Morgan fingerprint density at radius 1 is 1.53 bits per heavy atom. The molecule has 94 valence electrons. The minimum Gasteiger partial charge on any atom is -0.478 e. The fourth-order valence-electron chi connectivity index (χ4n) is 1.64. The van der Waals surface area contributed by atoms with Crippen molar-refractivity contribution in [2.24, 2.45) is 0 Å². The summed E-state index contributed by atoms with van der Waals surface area (Å²) in [6, 6.07) is 4.26. The Hall–Kier alpha value is -1.62. The van der Waals surface area contributed by atoms with Crippen LogP contribution in [0.15, 0.2) is 18.2 Å². The van der Waals surface area contributed by atoms with E-state index < -0.39 is 11.8 Å². The van der Waals surface area contributed by atoms with Gasteiger partial charge in [0.2, 0.25) is 0 Å². The van der Waals surface area contributed by atoms with Crippen molar-refractivity contribution < 1.29 is 19.0 Å². The summed E-state index contributed by atoms with van der Waals surface area (Å²) in [5.41, 5.74) is 0.0995. The molecule has 0 unspecified atom stereocenters. The molecule has 0 heterocycles. The van der Waals surface area contributed by atoms with Crippen molar-refractivity contribution in [3.63, 3.8) is 0 Å². The fourth-order valence-corrected chi connectivity index (χ4v) is 1.64. The molecule has 0 aromatic heterocycles. The van der Waals surface area contributed by atoms with Crippen molar-refractivity contribution in [1.82, 2.24) is 0 Å². The number of likely N-dealkylation sites (N-methyl/N-ethyl adjacent to an activating group) is 1. The van der Waals surface area contributed by atoms with Crippen molar-refractivity contribution in [1.29, 1.82) is 0 Å². The number of carboxylic acids is 1. The van der Waals surface area contributed by atoms with Gasteiger partial charge in [0.15, 0.2) is 0 Å². The highest BCUT2D eigenvalue weighted by molar-refractivity contribution is 5.94. The molecule has 1 rings (SSSR count). The van der Waals surface area contributed by atoms with E-state index in [9.17, 15) is 9.18 Å². The van der Waals surface area contributed by atoms with Gasteiger partial charge in [0, 0.05) is 20.2 Å². The quantitative estimate of drug-likeness (QED) is 0.827. The van der Waals surface area contributed by atoms with Gasteiger partial charge in [-0.1, -0.05) is 6.07 Å². The van der Waals surface area contributed by atoms with Crippen LogP contribution in [0.1, 0.15) is 17.3 Å². The van der Waals surface area contributed by atoms with Gasteiger partial charge in [-0.05, 0) is 19.1 Å². The number of hydrogen-bond acceptors (Lipinski definition) is 3. The summed E-state index contributed by atoms with van der Waals surface area (Å²) in [5, 5.41) is 9.02. The summed E-state index contributed by atoms with van der Waals surface area (Å²) in [6.45, 7) is 3.46. The van der Waals surface area contributed by atoms with E-state index in [1.54, 1.807) is 18.1 Å². The van der Waals surface area contributed by atoms with Crippen molar-refractivity contribution in [3.8, 4) is 0 Å². The molecular formula is C12H16FNO3. The molecule has 1 aromatic rings. The van der Waals surface area contributed by atoms with E-state index in [4.69, 9.17) is 9.84 Å². The third-order valence-corrected chi connectivity index (χ3v) is 2.49. The molecule has 17 heavy (non-hydrogen) atoms. The van der Waals surface area contributed by atoms with Crippen LogP contribution in [-0.2, 0) is 4.74 Å². The van der Waals surface area contributed by atoms with Crippen LogP contribution in [0.4, 0.5) is 10.1 Å². The van der Waals surface area contributed by atoms with Crippen LogP contribution in [-0.4, -0.2) is 37.9 Å². The van der Waals surface area contributed by atoms with Crippen molar-refractivity contribution in [2.75, 3.05) is 31.7 Å². The SMILES string of the molecule is CCN(CCOC)c1cccc(F)c1C(=O)O. The molecule has 0 aliphatic carbocycles. The first-order valence-corrected chi connectivity index (χ1v) is 5.37. The molecule has 0 atom stereocenters. The van der Waals surface area contributed by atoms with Crippen LogP contribution >= 0.6 is 0 Å². The fraction of sp³-hybridized carbons (Fsp3) is 0.417. The second-order valence-corrected chi connectivity index (χ2v) is 3.51. The number of aromatic carboxylic acids is 1. The third-order valence-electron chi connectivity index (χ3n) is 2.49. The Bertz CT molecular complexity index is 395. The summed E-state index contributed by atoms with van der Waals surface area (Å²) in [6.07, 6.45) is 0. The molecule has 0 saturated carbocycles. The number of halogens is 1. The maximum atomic E-state index is 13.5. The molecule has 1 N–H and O–H groups in total. The van der Waals surface area contributed by atoms with Crippen LogP contribution in [0, 0.1) is 5.82 Å². The number of nitrogens with zero attached hydrogens (tertiary/aromatic N) is 1. The molecule has 0 saturated heterocycles. The highest BCUT2D eigenvalue weighted by Crippen LogP contribution is 2.23. The van der Waals surface area contributed by atoms with Gasteiger partial charge in [-0.25, -0.2) is 9.18 Å². The van der Waals surface area contributed by atoms with Gasteiger partial charge >= 0.3 is 5.97 Å². The average Bonchev–Trinajstić information content (AvgIpc) is 2.29. The number of methoxy groups -OCH3 is 1. The lowest BCUT2D eigenvalue weighted by Crippen LogP contribution is -2.28. The standard InChI is InChI=1S/C12H16FNO3/c1-3-14(7-8-17-2)10-6-4-5-9(13)11(10)12(15)16/h4-6H,3,7-8H2,1-2H3,(H,15,16). The van der Waals surface area contributed by atoms with Crippen LogP contribution in [0.3, 0.4) is 0 Å². The van der Waals surface area contributed by atoms with E-state index in [0.717, 1.165) is 6.07 Å². The molecule has 5 heteroatoms. The zero-order valence-electron chi connectivity index (χ0n) is 9.94. The van der Waals surface area contributed by atoms with Crippen molar-refractivity contribution in [2.45, 2.75) is 6.92 Å². The van der Waals surface area contributed by atoms with Gasteiger partial charge in [0.1, 0.15) is 11.4 Å². The molecule has 4 nitrogen and oxygen atoms in total. The molecule has 0 bridgehead atoms. The number of benzene rings is 1. The number of carboxylic acid groups (broad SMARTS) is 1. The summed E-state index contributed by atoms with van der Waals surface area (Å²) in [5.74, 6) is -1.97. The number of ether oxygens (including phenoxy) is 1. The predicted octanol–water partition coefficient (Wildman–Crippen LogP) is 2.00. The topological polar surface area (TPSA) is 49.8 Å². The Balaban J connectivity index is 3.09. The summed E-state index contributed by atoms with van der Waals surface area (Å²) >= 11 is 0. The smallest absolute Gasteiger partial charge is 0.340 e. The average molecular weight is 241 g/mol. The maximum absolute atomic E-state index is 13.5. The van der Waals surface area contributed by atoms with Gasteiger partial charge in [-0.2, -0.15) is 0 Å². The molecule has 0 amide bonds. The zero-order chi connectivity index (χ0) is 12.8. The predicted molar refractivity (Wildman–Crippen MR) is 63.1 cm³/mol. The van der Waals surface area contributed by atoms with E-state index in [2.05, 4.69) is 0 Å². The van der Waals surface area contributed by atoms with Gasteiger partial charge in [0.05, 0.1) is 12.3 Å². The molecule has 1 aromatic carbocycles. The molecule has 0 aliphatic heterocycles. The van der Waals surface area contributed by atoms with Crippen LogP contribution in [0.25, 0.3) is 0 Å². The van der Waals surface area contributed by atoms with E-state index in [-0.39, 0.29) is 5.56 Å². The third kappa shape index (κ3) is 3.17. The largest absolute Gasteiger partial charge is 0.478 e. The number of hydrogen-bond donors (Lipinski definition) is 1. The highest BCUT2D eigenvalue weighted by Gasteiger charge is 2.19. The lowest BCUT2D eigenvalue weighted by Gasteiger charge is -2.24. The molecule has 0 radical (unpaired) electrons. The second kappa shape index (κ2) is 6.20. The van der Waals surface area contributed by atoms with E-state index in [1.807, 2.05) is 6.92 Å². The Kier molecular flexibility index (Phi) is 4.90. The Labute approximate surface area is 99.6 Å². The zero-order valence-corrected chi connectivity index (χ0v) is 9.94. The van der Waals surface area contributed by atoms with Crippen molar-refractivity contribution in [3.05, 3.63) is 29.6 Å². The van der Waals surface area contributed by atoms with Gasteiger partial charge in [0.25, 0.3) is 0 Å². The maximum Gasteiger partial charge on any atom is 0.340 e. The number of carbonyl (C=O) groups is 1. The second-order valence-electron chi connectivity index (χ2n) is 3.51. The van der Waals surface area contributed by atoms with Gasteiger partial charge in [-0.3, -0.25) is 0 Å². The highest BCUT2D eigenvalue weighted by atomic mass is 19.1. The van der Waals surface area contributed by atoms with Crippen LogP contribution in [0.2, 0.25) is 0 Å². The lowest BCUT2D eigenvalue weighted by atomic mass is 10.1. The molecule has 0 fully saturated rings. The van der Waals surface area contributed by atoms with E-state index in [1.165, 1.54) is 6.07 Å².